The molecule has 0 aliphatic rings. The molecule has 0 aromatic heterocycles. The third-order valence-electron chi connectivity index (χ3n) is 2.19. The van der Waals surface area contributed by atoms with Gasteiger partial charge in [-0.2, -0.15) is 0 Å². The van der Waals surface area contributed by atoms with Crippen LogP contribution in [0.1, 0.15) is 0 Å². The third kappa shape index (κ3) is 4.50. The highest BCUT2D eigenvalue weighted by atomic mass is 16.5. The fraction of sp³-hybridized carbons (Fsp3) is 0.500. The molecule has 0 amide bonds. The highest BCUT2D eigenvalue weighted by molar-refractivity contribution is 5.54. The average Bonchev–Trinajstić information content (AvgIpc) is 2.38. The second-order valence-corrected chi connectivity index (χ2v) is 3.33. The van der Waals surface area contributed by atoms with E-state index in [4.69, 9.17) is 19.3 Å². The Hall–Kier alpha value is -1.46. The first kappa shape index (κ1) is 13.6. The summed E-state index contributed by atoms with van der Waals surface area (Å²) in [5.41, 5.74) is 0.940. The van der Waals surface area contributed by atoms with E-state index in [-0.39, 0.29) is 6.61 Å². The number of hydrogen-bond acceptors (Lipinski definition) is 5. The van der Waals surface area contributed by atoms with Gasteiger partial charge in [0.15, 0.2) is 11.5 Å². The number of rotatable bonds is 8. The van der Waals surface area contributed by atoms with E-state index in [1.54, 1.807) is 14.2 Å². The zero-order valence-corrected chi connectivity index (χ0v) is 10.2. The first-order chi connectivity index (χ1) is 8.31. The quantitative estimate of drug-likeness (QED) is 0.668. The summed E-state index contributed by atoms with van der Waals surface area (Å²) >= 11 is 0. The minimum Gasteiger partial charge on any atom is -0.493 e. The van der Waals surface area contributed by atoms with Crippen molar-refractivity contribution < 1.29 is 19.3 Å². The van der Waals surface area contributed by atoms with Crippen molar-refractivity contribution in [1.82, 2.24) is 0 Å². The van der Waals surface area contributed by atoms with Crippen molar-refractivity contribution in [2.24, 2.45) is 0 Å². The Balaban J connectivity index is 2.43. The molecule has 0 aliphatic heterocycles. The summed E-state index contributed by atoms with van der Waals surface area (Å²) in [6, 6.07) is 5.62. The van der Waals surface area contributed by atoms with Gasteiger partial charge in [0.05, 0.1) is 34.0 Å². The number of anilines is 1. The van der Waals surface area contributed by atoms with Crippen LogP contribution in [0.3, 0.4) is 0 Å². The van der Waals surface area contributed by atoms with E-state index >= 15 is 0 Å². The standard InChI is InChI=1S/C12H19NO4/c1-15-11-4-3-10(9-12(11)16-2)13-5-7-17-8-6-14/h3-4,9,13-14H,5-8H2,1-2H3. The van der Waals surface area contributed by atoms with Crippen molar-refractivity contribution in [3.05, 3.63) is 18.2 Å². The molecule has 0 aliphatic carbocycles. The molecule has 0 saturated carbocycles. The lowest BCUT2D eigenvalue weighted by atomic mass is 10.2. The summed E-state index contributed by atoms with van der Waals surface area (Å²) < 4.78 is 15.5. The Bertz CT molecular complexity index is 330. The molecule has 1 rings (SSSR count). The van der Waals surface area contributed by atoms with Gasteiger partial charge in [-0.15, -0.1) is 0 Å². The van der Waals surface area contributed by atoms with E-state index in [2.05, 4.69) is 5.32 Å². The van der Waals surface area contributed by atoms with Gasteiger partial charge in [-0.05, 0) is 12.1 Å². The van der Waals surface area contributed by atoms with Gasteiger partial charge in [0.2, 0.25) is 0 Å². The van der Waals surface area contributed by atoms with Crippen molar-refractivity contribution in [3.63, 3.8) is 0 Å². The molecule has 0 atom stereocenters. The molecule has 0 unspecified atom stereocenters. The summed E-state index contributed by atoms with van der Waals surface area (Å²) in [6.45, 7) is 1.65. The van der Waals surface area contributed by atoms with Crippen molar-refractivity contribution >= 4 is 5.69 Å². The SMILES string of the molecule is COc1ccc(NCCOCCO)cc1OC. The number of methoxy groups -OCH3 is 2. The van der Waals surface area contributed by atoms with Gasteiger partial charge in [-0.25, -0.2) is 0 Å². The van der Waals surface area contributed by atoms with Gasteiger partial charge < -0.3 is 24.6 Å². The van der Waals surface area contributed by atoms with E-state index in [1.807, 2.05) is 18.2 Å². The second-order valence-electron chi connectivity index (χ2n) is 3.33. The van der Waals surface area contributed by atoms with Crippen LogP contribution in [0.25, 0.3) is 0 Å². The Morgan fingerprint density at radius 3 is 2.53 bits per heavy atom. The van der Waals surface area contributed by atoms with Crippen molar-refractivity contribution in [3.8, 4) is 11.5 Å². The van der Waals surface area contributed by atoms with Gasteiger partial charge in [0.1, 0.15) is 0 Å². The number of nitrogens with one attached hydrogen (secondary N) is 1. The summed E-state index contributed by atoms with van der Waals surface area (Å²) in [5, 5.41) is 11.7. The molecule has 0 bridgehead atoms. The van der Waals surface area contributed by atoms with Crippen LogP contribution in [0.5, 0.6) is 11.5 Å². The summed E-state index contributed by atoms with van der Waals surface area (Å²) in [7, 11) is 3.21. The van der Waals surface area contributed by atoms with Gasteiger partial charge in [0, 0.05) is 18.3 Å². The first-order valence-electron chi connectivity index (χ1n) is 5.46. The largest absolute Gasteiger partial charge is 0.493 e. The molecule has 17 heavy (non-hydrogen) atoms. The molecule has 0 spiro atoms. The number of ether oxygens (including phenoxy) is 3. The average molecular weight is 241 g/mol. The van der Waals surface area contributed by atoms with Crippen molar-refractivity contribution in [2.45, 2.75) is 0 Å². The Morgan fingerprint density at radius 2 is 1.88 bits per heavy atom. The molecule has 1 aromatic rings. The molecule has 0 radical (unpaired) electrons. The Kier molecular flexibility index (Phi) is 6.21. The van der Waals surface area contributed by atoms with Gasteiger partial charge >= 0.3 is 0 Å². The molecule has 0 fully saturated rings. The lowest BCUT2D eigenvalue weighted by Gasteiger charge is -2.11. The van der Waals surface area contributed by atoms with Crippen LogP contribution in [-0.2, 0) is 4.74 Å². The minimum absolute atomic E-state index is 0.0519. The van der Waals surface area contributed by atoms with Crippen molar-refractivity contribution in [2.75, 3.05) is 45.9 Å². The second kappa shape index (κ2) is 7.76. The molecular formula is C12H19NO4. The van der Waals surface area contributed by atoms with Crippen LogP contribution < -0.4 is 14.8 Å². The van der Waals surface area contributed by atoms with Gasteiger partial charge in [-0.1, -0.05) is 0 Å². The van der Waals surface area contributed by atoms with Crippen LogP contribution in [0.4, 0.5) is 5.69 Å². The van der Waals surface area contributed by atoms with E-state index in [9.17, 15) is 0 Å². The topological polar surface area (TPSA) is 60.0 Å². The Morgan fingerprint density at radius 1 is 1.12 bits per heavy atom. The highest BCUT2D eigenvalue weighted by Gasteiger charge is 2.03. The monoisotopic (exact) mass is 241 g/mol. The fourth-order valence-corrected chi connectivity index (χ4v) is 1.38. The predicted molar refractivity (Wildman–Crippen MR) is 65.9 cm³/mol. The fourth-order valence-electron chi connectivity index (χ4n) is 1.38. The van der Waals surface area contributed by atoms with Crippen LogP contribution in [-0.4, -0.2) is 45.7 Å². The zero-order chi connectivity index (χ0) is 12.5. The normalized spacial score (nSPS) is 10.1. The van der Waals surface area contributed by atoms with Gasteiger partial charge in [-0.3, -0.25) is 0 Å². The molecule has 5 nitrogen and oxygen atoms in total. The molecular weight excluding hydrogens is 222 g/mol. The summed E-state index contributed by atoms with van der Waals surface area (Å²) in [5.74, 6) is 1.39. The van der Waals surface area contributed by atoms with E-state index in [1.165, 1.54) is 0 Å². The molecule has 96 valence electrons. The Labute approximate surface area is 101 Å². The molecule has 0 heterocycles. The van der Waals surface area contributed by atoms with Gasteiger partial charge in [0.25, 0.3) is 0 Å². The molecule has 1 aromatic carbocycles. The maximum absolute atomic E-state index is 8.53. The summed E-state index contributed by atoms with van der Waals surface area (Å²) in [6.07, 6.45) is 0. The predicted octanol–water partition coefficient (Wildman–Crippen LogP) is 1.12. The van der Waals surface area contributed by atoms with E-state index in [0.29, 0.717) is 31.3 Å². The smallest absolute Gasteiger partial charge is 0.162 e. The maximum atomic E-state index is 8.53. The van der Waals surface area contributed by atoms with E-state index < -0.39 is 0 Å². The maximum Gasteiger partial charge on any atom is 0.162 e. The first-order valence-corrected chi connectivity index (χ1v) is 5.46. The third-order valence-corrected chi connectivity index (χ3v) is 2.19. The number of benzene rings is 1. The number of aliphatic hydroxyl groups is 1. The number of hydrogen-bond donors (Lipinski definition) is 2. The lowest BCUT2D eigenvalue weighted by molar-refractivity contribution is 0.0992. The van der Waals surface area contributed by atoms with Crippen LogP contribution in [0.2, 0.25) is 0 Å². The molecule has 2 N–H and O–H groups in total. The van der Waals surface area contributed by atoms with Crippen LogP contribution in [0, 0.1) is 0 Å². The lowest BCUT2D eigenvalue weighted by Crippen LogP contribution is -2.11. The van der Waals surface area contributed by atoms with Crippen LogP contribution in [0.15, 0.2) is 18.2 Å². The van der Waals surface area contributed by atoms with Crippen molar-refractivity contribution in [1.29, 1.82) is 0 Å². The molecule has 0 saturated heterocycles. The van der Waals surface area contributed by atoms with Crippen LogP contribution >= 0.6 is 0 Å². The van der Waals surface area contributed by atoms with E-state index in [0.717, 1.165) is 5.69 Å². The number of aliphatic hydroxyl groups excluding tert-OH is 1. The highest BCUT2D eigenvalue weighted by Crippen LogP contribution is 2.29. The minimum atomic E-state index is 0.0519. The molecule has 5 heteroatoms. The zero-order valence-electron chi connectivity index (χ0n) is 10.2. The summed E-state index contributed by atoms with van der Waals surface area (Å²) in [4.78, 5) is 0.